The van der Waals surface area contributed by atoms with E-state index in [1.165, 1.54) is 0 Å². The van der Waals surface area contributed by atoms with Gasteiger partial charge in [0, 0.05) is 11.1 Å². The molecular formula is C16H23NO. The summed E-state index contributed by atoms with van der Waals surface area (Å²) in [7, 11) is 0. The van der Waals surface area contributed by atoms with E-state index >= 15 is 0 Å². The molecule has 0 unspecified atom stereocenters. The van der Waals surface area contributed by atoms with Crippen molar-refractivity contribution in [3.63, 3.8) is 0 Å². The van der Waals surface area contributed by atoms with Gasteiger partial charge in [-0.3, -0.25) is 4.79 Å². The molecule has 2 heteroatoms. The largest absolute Gasteiger partial charge is 0.325 e. The van der Waals surface area contributed by atoms with Crippen LogP contribution < -0.4 is 5.32 Å². The van der Waals surface area contributed by atoms with E-state index in [0.29, 0.717) is 5.92 Å². The first-order chi connectivity index (χ1) is 8.36. The highest BCUT2D eigenvalue weighted by atomic mass is 16.2. The maximum atomic E-state index is 12.0. The summed E-state index contributed by atoms with van der Waals surface area (Å²) in [5.74, 6) is 0.403. The van der Waals surface area contributed by atoms with Crippen molar-refractivity contribution in [1.82, 2.24) is 0 Å². The Kier molecular flexibility index (Phi) is 4.71. The minimum atomic E-state index is -0.380. The Morgan fingerprint density at radius 2 is 2.00 bits per heavy atom. The molecule has 1 amide bonds. The molecule has 1 N–H and O–H groups in total. The van der Waals surface area contributed by atoms with Crippen LogP contribution in [0.25, 0.3) is 0 Å². The molecule has 1 atom stereocenters. The Morgan fingerprint density at radius 3 is 2.56 bits per heavy atom. The zero-order valence-electron chi connectivity index (χ0n) is 11.8. The van der Waals surface area contributed by atoms with Crippen LogP contribution in [0.5, 0.6) is 0 Å². The third-order valence-electron chi connectivity index (χ3n) is 2.94. The predicted molar refractivity (Wildman–Crippen MR) is 77.8 cm³/mol. The zero-order chi connectivity index (χ0) is 13.8. The van der Waals surface area contributed by atoms with E-state index in [2.05, 4.69) is 24.9 Å². The summed E-state index contributed by atoms with van der Waals surface area (Å²) >= 11 is 0. The molecule has 2 nitrogen and oxygen atoms in total. The van der Waals surface area contributed by atoms with Gasteiger partial charge in [0.25, 0.3) is 0 Å². The first kappa shape index (κ1) is 14.5. The third kappa shape index (κ3) is 3.73. The van der Waals surface area contributed by atoms with Crippen molar-refractivity contribution < 1.29 is 4.79 Å². The second-order valence-electron chi connectivity index (χ2n) is 5.72. The fourth-order valence-electron chi connectivity index (χ4n) is 1.73. The van der Waals surface area contributed by atoms with Crippen molar-refractivity contribution in [1.29, 1.82) is 0 Å². The van der Waals surface area contributed by atoms with E-state index in [4.69, 9.17) is 0 Å². The van der Waals surface area contributed by atoms with Gasteiger partial charge in [-0.2, -0.15) is 0 Å². The van der Waals surface area contributed by atoms with Gasteiger partial charge in [0.2, 0.25) is 5.91 Å². The van der Waals surface area contributed by atoms with E-state index in [1.54, 1.807) is 0 Å². The molecule has 0 aliphatic heterocycles. The monoisotopic (exact) mass is 245 g/mol. The van der Waals surface area contributed by atoms with Gasteiger partial charge in [0.1, 0.15) is 0 Å². The maximum absolute atomic E-state index is 12.0. The summed E-state index contributed by atoms with van der Waals surface area (Å²) in [5, 5.41) is 3.02. The number of carbonyl (C=O) groups excluding carboxylic acids is 1. The van der Waals surface area contributed by atoms with Gasteiger partial charge in [-0.25, -0.2) is 0 Å². The Hall–Kier alpha value is -1.57. The fraction of sp³-hybridized carbons (Fsp3) is 0.438. The van der Waals surface area contributed by atoms with Crippen LogP contribution in [0.1, 0.15) is 45.6 Å². The molecule has 1 aromatic carbocycles. The molecule has 0 aliphatic rings. The number of benzene rings is 1. The van der Waals surface area contributed by atoms with Gasteiger partial charge in [-0.15, -0.1) is 6.58 Å². The molecule has 0 heterocycles. The number of rotatable bonds is 4. The minimum absolute atomic E-state index is 0.0424. The molecule has 1 aromatic rings. The number of amides is 1. The second kappa shape index (κ2) is 5.85. The minimum Gasteiger partial charge on any atom is -0.325 e. The third-order valence-corrected chi connectivity index (χ3v) is 2.94. The topological polar surface area (TPSA) is 29.1 Å². The molecular weight excluding hydrogens is 222 g/mol. The first-order valence-electron chi connectivity index (χ1n) is 6.37. The van der Waals surface area contributed by atoms with E-state index in [0.717, 1.165) is 17.7 Å². The summed E-state index contributed by atoms with van der Waals surface area (Å²) in [5.41, 5.74) is 1.69. The zero-order valence-corrected chi connectivity index (χ0v) is 11.8. The Labute approximate surface area is 110 Å². The molecule has 98 valence electrons. The molecule has 0 aliphatic carbocycles. The molecule has 0 saturated carbocycles. The van der Waals surface area contributed by atoms with Gasteiger partial charge in [0.15, 0.2) is 0 Å². The fourth-order valence-corrected chi connectivity index (χ4v) is 1.73. The standard InChI is InChI=1S/C16H23NO/c1-6-9-12(2)13-10-7-8-11-14(13)17-15(18)16(3,4)5/h6-8,10-12H,1,9H2,2-5H3,(H,17,18)/t12-/m0/s1. The SMILES string of the molecule is C=CC[C@H](C)c1ccccc1NC(=O)C(C)(C)C. The number of hydrogen-bond donors (Lipinski definition) is 1. The normalized spacial score (nSPS) is 12.9. The molecule has 0 bridgehead atoms. The Bertz CT molecular complexity index is 429. The van der Waals surface area contributed by atoms with Crippen molar-refractivity contribution >= 4 is 11.6 Å². The van der Waals surface area contributed by atoms with Crippen molar-refractivity contribution in [3.05, 3.63) is 42.5 Å². The van der Waals surface area contributed by atoms with Gasteiger partial charge in [0.05, 0.1) is 0 Å². The lowest BCUT2D eigenvalue weighted by Crippen LogP contribution is -2.28. The van der Waals surface area contributed by atoms with E-state index in [9.17, 15) is 4.79 Å². The molecule has 0 aromatic heterocycles. The van der Waals surface area contributed by atoms with Crippen molar-refractivity contribution in [2.45, 2.75) is 40.0 Å². The van der Waals surface area contributed by atoms with E-state index in [-0.39, 0.29) is 11.3 Å². The second-order valence-corrected chi connectivity index (χ2v) is 5.72. The van der Waals surface area contributed by atoms with Crippen LogP contribution in [0.15, 0.2) is 36.9 Å². The molecule has 0 radical (unpaired) electrons. The van der Waals surface area contributed by atoms with Crippen molar-refractivity contribution in [2.24, 2.45) is 5.41 Å². The Morgan fingerprint density at radius 1 is 1.39 bits per heavy atom. The van der Waals surface area contributed by atoms with Crippen LogP contribution in [-0.4, -0.2) is 5.91 Å². The summed E-state index contributed by atoms with van der Waals surface area (Å²) in [6.07, 6.45) is 2.81. The smallest absolute Gasteiger partial charge is 0.229 e. The van der Waals surface area contributed by atoms with E-state index in [1.807, 2.05) is 45.0 Å². The van der Waals surface area contributed by atoms with Crippen LogP contribution in [0.4, 0.5) is 5.69 Å². The maximum Gasteiger partial charge on any atom is 0.229 e. The summed E-state index contributed by atoms with van der Waals surface area (Å²) < 4.78 is 0. The average molecular weight is 245 g/mol. The molecule has 0 spiro atoms. The van der Waals surface area contributed by atoms with Crippen LogP contribution in [-0.2, 0) is 4.79 Å². The van der Waals surface area contributed by atoms with Gasteiger partial charge in [-0.1, -0.05) is 52.0 Å². The van der Waals surface area contributed by atoms with Crippen molar-refractivity contribution in [2.75, 3.05) is 5.32 Å². The highest BCUT2D eigenvalue weighted by molar-refractivity contribution is 5.95. The van der Waals surface area contributed by atoms with Gasteiger partial charge >= 0.3 is 0 Å². The number of carbonyl (C=O) groups is 1. The summed E-state index contributed by atoms with van der Waals surface area (Å²) in [4.78, 5) is 12.0. The lowest BCUT2D eigenvalue weighted by atomic mass is 9.93. The number of allylic oxidation sites excluding steroid dienone is 1. The number of anilines is 1. The van der Waals surface area contributed by atoms with Crippen LogP contribution in [0.2, 0.25) is 0 Å². The molecule has 0 fully saturated rings. The molecule has 1 rings (SSSR count). The molecule has 18 heavy (non-hydrogen) atoms. The predicted octanol–water partition coefficient (Wildman–Crippen LogP) is 4.35. The lowest BCUT2D eigenvalue weighted by molar-refractivity contribution is -0.123. The quantitative estimate of drug-likeness (QED) is 0.785. The average Bonchev–Trinajstić information content (AvgIpc) is 2.28. The number of para-hydroxylation sites is 1. The Balaban J connectivity index is 2.96. The van der Waals surface area contributed by atoms with Crippen LogP contribution >= 0.6 is 0 Å². The highest BCUT2D eigenvalue weighted by Gasteiger charge is 2.22. The highest BCUT2D eigenvalue weighted by Crippen LogP contribution is 2.28. The summed E-state index contributed by atoms with van der Waals surface area (Å²) in [6.45, 7) is 11.7. The summed E-state index contributed by atoms with van der Waals surface area (Å²) in [6, 6.07) is 7.97. The number of nitrogens with one attached hydrogen (secondary N) is 1. The van der Waals surface area contributed by atoms with Gasteiger partial charge in [-0.05, 0) is 24.0 Å². The molecule has 0 saturated heterocycles. The van der Waals surface area contributed by atoms with Gasteiger partial charge < -0.3 is 5.32 Å². The van der Waals surface area contributed by atoms with E-state index < -0.39 is 0 Å². The first-order valence-corrected chi connectivity index (χ1v) is 6.37. The number of hydrogen-bond acceptors (Lipinski definition) is 1. The van der Waals surface area contributed by atoms with Crippen molar-refractivity contribution in [3.8, 4) is 0 Å². The van der Waals surface area contributed by atoms with Crippen LogP contribution in [0.3, 0.4) is 0 Å². The van der Waals surface area contributed by atoms with Crippen LogP contribution in [0, 0.1) is 5.41 Å². The lowest BCUT2D eigenvalue weighted by Gasteiger charge is -2.21.